The first-order valence-corrected chi connectivity index (χ1v) is 12.3. The highest BCUT2D eigenvalue weighted by Crippen LogP contribution is 2.11. The van der Waals surface area contributed by atoms with Crippen LogP contribution in [0.25, 0.3) is 0 Å². The molecule has 9 heteroatoms. The number of nitrogens with two attached hydrogens (primary N) is 1. The molecule has 0 unspecified atom stereocenters. The van der Waals surface area contributed by atoms with Crippen LogP contribution in [-0.4, -0.2) is 55.5 Å². The van der Waals surface area contributed by atoms with Gasteiger partial charge < -0.3 is 26.4 Å². The lowest BCUT2D eigenvalue weighted by Gasteiger charge is -2.24. The first-order valence-electron chi connectivity index (χ1n) is 12.3. The van der Waals surface area contributed by atoms with E-state index in [0.717, 1.165) is 19.3 Å². The van der Waals surface area contributed by atoms with E-state index in [0.29, 0.717) is 45.5 Å². The summed E-state index contributed by atoms with van der Waals surface area (Å²) in [5, 5.41) is 8.57. The Balaban J connectivity index is 4.41. The minimum Gasteiger partial charge on any atom is -0.465 e. The van der Waals surface area contributed by atoms with Crippen LogP contribution in [0.3, 0.4) is 0 Å². The van der Waals surface area contributed by atoms with Gasteiger partial charge in [-0.2, -0.15) is 0 Å². The van der Waals surface area contributed by atoms with E-state index < -0.39 is 12.1 Å². The number of carbonyl (C=O) groups is 4. The Kier molecular flexibility index (Phi) is 17.3. The molecular formula is C24H46N4O5. The Hall–Kier alpha value is -2.00. The van der Waals surface area contributed by atoms with Crippen molar-refractivity contribution in [3.8, 4) is 0 Å². The predicted octanol–water partition coefficient (Wildman–Crippen LogP) is 2.03. The number of hydrogen-bond donors (Lipinski definition) is 4. The third kappa shape index (κ3) is 14.0. The van der Waals surface area contributed by atoms with Crippen LogP contribution in [0.5, 0.6) is 0 Å². The largest absolute Gasteiger partial charge is 0.465 e. The zero-order valence-corrected chi connectivity index (χ0v) is 21.2. The van der Waals surface area contributed by atoms with Crippen molar-refractivity contribution >= 4 is 23.6 Å². The van der Waals surface area contributed by atoms with Crippen molar-refractivity contribution in [1.29, 1.82) is 0 Å². The monoisotopic (exact) mass is 470 g/mol. The lowest BCUT2D eigenvalue weighted by molar-refractivity contribution is -0.149. The molecule has 9 nitrogen and oxygen atoms in total. The molecule has 33 heavy (non-hydrogen) atoms. The molecule has 0 bridgehead atoms. The summed E-state index contributed by atoms with van der Waals surface area (Å²) in [6, 6.07) is -1.29. The summed E-state index contributed by atoms with van der Waals surface area (Å²) in [6.45, 7) is 10.5. The van der Waals surface area contributed by atoms with Crippen molar-refractivity contribution in [3.63, 3.8) is 0 Å². The molecule has 0 aromatic carbocycles. The summed E-state index contributed by atoms with van der Waals surface area (Å²) >= 11 is 0. The number of ether oxygens (including phenoxy) is 1. The second-order valence-electron chi connectivity index (χ2n) is 8.80. The Morgan fingerprint density at radius 3 is 2.15 bits per heavy atom. The molecule has 0 spiro atoms. The topological polar surface area (TPSA) is 140 Å². The van der Waals surface area contributed by atoms with Crippen LogP contribution in [0.15, 0.2) is 0 Å². The van der Waals surface area contributed by atoms with E-state index in [-0.39, 0.29) is 41.8 Å². The molecule has 0 heterocycles. The average molecular weight is 471 g/mol. The Morgan fingerprint density at radius 1 is 0.939 bits per heavy atom. The van der Waals surface area contributed by atoms with Crippen molar-refractivity contribution in [2.45, 2.75) is 98.1 Å². The van der Waals surface area contributed by atoms with Gasteiger partial charge in [0.15, 0.2) is 5.78 Å². The molecule has 0 saturated carbocycles. The van der Waals surface area contributed by atoms with E-state index in [1.165, 1.54) is 6.92 Å². The second-order valence-corrected chi connectivity index (χ2v) is 8.80. The van der Waals surface area contributed by atoms with Crippen molar-refractivity contribution in [2.75, 3.05) is 19.8 Å². The minimum absolute atomic E-state index is 0.0416. The maximum Gasteiger partial charge on any atom is 0.308 e. The van der Waals surface area contributed by atoms with Crippen molar-refractivity contribution in [3.05, 3.63) is 0 Å². The third-order valence-electron chi connectivity index (χ3n) is 5.67. The number of nitrogens with one attached hydrogen (secondary N) is 3. The lowest BCUT2D eigenvalue weighted by Crippen LogP contribution is -2.53. The molecule has 0 radical (unpaired) electrons. The van der Waals surface area contributed by atoms with E-state index >= 15 is 0 Å². The van der Waals surface area contributed by atoms with Gasteiger partial charge in [0, 0.05) is 13.1 Å². The summed E-state index contributed by atoms with van der Waals surface area (Å²) in [6.07, 6.45) is 5.15. The molecule has 0 aliphatic rings. The van der Waals surface area contributed by atoms with Crippen LogP contribution >= 0.6 is 0 Å². The van der Waals surface area contributed by atoms with Gasteiger partial charge in [0.2, 0.25) is 11.8 Å². The van der Waals surface area contributed by atoms with Gasteiger partial charge in [0.05, 0.1) is 18.6 Å². The Morgan fingerprint density at radius 2 is 1.61 bits per heavy atom. The molecule has 0 fully saturated rings. The molecule has 0 aliphatic carbocycles. The van der Waals surface area contributed by atoms with Crippen LogP contribution in [-0.2, 0) is 23.9 Å². The average Bonchev–Trinajstić information content (AvgIpc) is 2.76. The van der Waals surface area contributed by atoms with Gasteiger partial charge >= 0.3 is 5.97 Å². The number of esters is 1. The first kappa shape index (κ1) is 31.0. The maximum atomic E-state index is 12.7. The number of Topliss-reactive ketones (excluding diaryl/α,β-unsaturated/α-hetero) is 1. The summed E-state index contributed by atoms with van der Waals surface area (Å²) in [4.78, 5) is 48.9. The van der Waals surface area contributed by atoms with E-state index in [1.54, 1.807) is 0 Å². The highest BCUT2D eigenvalue weighted by Gasteiger charge is 2.27. The highest BCUT2D eigenvalue weighted by atomic mass is 16.5. The lowest BCUT2D eigenvalue weighted by atomic mass is 10.0. The number of amides is 2. The van der Waals surface area contributed by atoms with Crippen LogP contribution in [0.1, 0.15) is 86.0 Å². The van der Waals surface area contributed by atoms with Crippen molar-refractivity contribution in [1.82, 2.24) is 16.0 Å². The van der Waals surface area contributed by atoms with E-state index in [2.05, 4.69) is 16.0 Å². The number of unbranched alkanes of at least 4 members (excludes halogenated alkanes) is 2. The molecule has 0 aliphatic heterocycles. The Labute approximate surface area is 199 Å². The predicted molar refractivity (Wildman–Crippen MR) is 129 cm³/mol. The van der Waals surface area contributed by atoms with Crippen LogP contribution in [0, 0.1) is 11.8 Å². The van der Waals surface area contributed by atoms with Gasteiger partial charge in [-0.05, 0) is 64.3 Å². The van der Waals surface area contributed by atoms with Crippen LogP contribution in [0.4, 0.5) is 0 Å². The number of ketones is 1. The minimum atomic E-state index is -0.706. The standard InChI is InChI=1S/C24H46N4O5/c1-6-19(7-2)24(32)33-15-10-8-9-13-21(30)28-22(17(3)4)23(31)27-20(18(5)29)12-11-14-26-16-25/h17,19-20,22,26H,6-16,25H2,1-5H3,(H,27,31)(H,28,30)/t20-,22-/m0/s1. The molecule has 2 atom stereocenters. The smallest absolute Gasteiger partial charge is 0.308 e. The van der Waals surface area contributed by atoms with Crippen LogP contribution < -0.4 is 21.7 Å². The SMILES string of the molecule is CCC(CC)C(=O)OCCCCCC(=O)N[C@H](C(=O)N[C@@H](CCCNCN)C(C)=O)C(C)C. The van der Waals surface area contributed by atoms with Gasteiger partial charge in [-0.25, -0.2) is 0 Å². The van der Waals surface area contributed by atoms with Crippen LogP contribution in [0.2, 0.25) is 0 Å². The van der Waals surface area contributed by atoms with E-state index in [9.17, 15) is 19.2 Å². The fraction of sp³-hybridized carbons (Fsp3) is 0.833. The third-order valence-corrected chi connectivity index (χ3v) is 5.67. The zero-order valence-electron chi connectivity index (χ0n) is 21.2. The van der Waals surface area contributed by atoms with Crippen molar-refractivity contribution < 1.29 is 23.9 Å². The van der Waals surface area contributed by atoms with Gasteiger partial charge in [-0.1, -0.05) is 27.7 Å². The maximum absolute atomic E-state index is 12.7. The number of rotatable bonds is 19. The molecule has 0 rings (SSSR count). The second kappa shape index (κ2) is 18.4. The van der Waals surface area contributed by atoms with Crippen molar-refractivity contribution in [2.24, 2.45) is 17.6 Å². The molecule has 2 amide bonds. The van der Waals surface area contributed by atoms with Gasteiger partial charge in [0.1, 0.15) is 6.04 Å². The van der Waals surface area contributed by atoms with Gasteiger partial charge in [-0.15, -0.1) is 0 Å². The van der Waals surface area contributed by atoms with E-state index in [1.807, 2.05) is 27.7 Å². The molecular weight excluding hydrogens is 424 g/mol. The summed E-state index contributed by atoms with van der Waals surface area (Å²) in [5.41, 5.74) is 5.39. The zero-order chi connectivity index (χ0) is 25.2. The van der Waals surface area contributed by atoms with E-state index in [4.69, 9.17) is 10.5 Å². The molecule has 5 N–H and O–H groups in total. The fourth-order valence-electron chi connectivity index (χ4n) is 3.43. The summed E-state index contributed by atoms with van der Waals surface area (Å²) < 4.78 is 5.29. The summed E-state index contributed by atoms with van der Waals surface area (Å²) in [5.74, 6) is -0.981. The number of carbonyl (C=O) groups excluding carboxylic acids is 4. The van der Waals surface area contributed by atoms with Gasteiger partial charge in [-0.3, -0.25) is 19.2 Å². The number of hydrogen-bond acceptors (Lipinski definition) is 7. The first-order chi connectivity index (χ1) is 15.7. The quantitative estimate of drug-likeness (QED) is 0.129. The molecule has 0 aromatic heterocycles. The molecule has 0 saturated heterocycles. The highest BCUT2D eigenvalue weighted by molar-refractivity contribution is 5.92. The Bertz CT molecular complexity index is 593. The molecule has 192 valence electrons. The van der Waals surface area contributed by atoms with Gasteiger partial charge in [0.25, 0.3) is 0 Å². The fourth-order valence-corrected chi connectivity index (χ4v) is 3.43. The summed E-state index contributed by atoms with van der Waals surface area (Å²) in [7, 11) is 0. The normalized spacial score (nSPS) is 13.0. The molecule has 0 aromatic rings.